The molecule has 5 aliphatic rings. The summed E-state index contributed by atoms with van der Waals surface area (Å²) in [6, 6.07) is 7.43. The molecule has 1 aromatic carbocycles. The van der Waals surface area contributed by atoms with Crippen molar-refractivity contribution in [3.63, 3.8) is 0 Å². The number of carbonyl (C=O) groups is 3. The summed E-state index contributed by atoms with van der Waals surface area (Å²) in [5.41, 5.74) is 1.67. The van der Waals surface area contributed by atoms with Crippen molar-refractivity contribution in [3.8, 4) is 0 Å². The highest BCUT2D eigenvalue weighted by Crippen LogP contribution is 2.59. The lowest BCUT2D eigenvalue weighted by Crippen LogP contribution is -2.53. The largest absolute Gasteiger partial charge is 0.464 e. The van der Waals surface area contributed by atoms with Gasteiger partial charge in [-0.2, -0.15) is 5.10 Å². The molecule has 2 amide bonds. The van der Waals surface area contributed by atoms with Crippen LogP contribution in [0.5, 0.6) is 0 Å². The number of amides is 2. The molecule has 7 rings (SSSR count). The van der Waals surface area contributed by atoms with Gasteiger partial charge in [0.25, 0.3) is 11.8 Å². The van der Waals surface area contributed by atoms with Crippen molar-refractivity contribution in [2.24, 2.45) is 17.8 Å². The van der Waals surface area contributed by atoms with Crippen LogP contribution in [0.15, 0.2) is 24.3 Å². The quantitative estimate of drug-likeness (QED) is 0.539. The maximum atomic E-state index is 13.7. The minimum Gasteiger partial charge on any atom is -0.464 e. The Bertz CT molecular complexity index is 1110. The number of fused-ring (bicyclic) bond motifs is 1. The zero-order valence-electron chi connectivity index (χ0n) is 18.5. The summed E-state index contributed by atoms with van der Waals surface area (Å²) >= 11 is 0. The first-order chi connectivity index (χ1) is 15.4. The molecule has 0 N–H and O–H groups in total. The number of benzene rings is 1. The van der Waals surface area contributed by atoms with Crippen molar-refractivity contribution in [1.82, 2.24) is 9.78 Å². The Hall–Kier alpha value is -2.96. The molecule has 0 spiro atoms. The summed E-state index contributed by atoms with van der Waals surface area (Å²) in [4.78, 5) is 41.0. The second kappa shape index (κ2) is 6.77. The fraction of sp³-hybridized carbons (Fsp3) is 0.520. The van der Waals surface area contributed by atoms with Crippen LogP contribution in [-0.4, -0.2) is 34.7 Å². The van der Waals surface area contributed by atoms with E-state index in [0.29, 0.717) is 23.4 Å². The molecule has 4 aliphatic carbocycles. The van der Waals surface area contributed by atoms with Gasteiger partial charge in [-0.25, -0.2) is 9.69 Å². The fourth-order valence-corrected chi connectivity index (χ4v) is 7.15. The lowest BCUT2D eigenvalue weighted by Gasteiger charge is -2.56. The monoisotopic (exact) mass is 433 g/mol. The second-order valence-electron chi connectivity index (χ2n) is 10.1. The second-order valence-corrected chi connectivity index (χ2v) is 10.1. The molecule has 4 saturated carbocycles. The van der Waals surface area contributed by atoms with Gasteiger partial charge in [0.15, 0.2) is 5.69 Å². The predicted octanol–water partition coefficient (Wildman–Crippen LogP) is 3.96. The molecular formula is C25H27N3O4. The van der Waals surface area contributed by atoms with Crippen molar-refractivity contribution in [3.05, 3.63) is 46.8 Å². The van der Waals surface area contributed by atoms with Crippen LogP contribution in [-0.2, 0) is 16.7 Å². The van der Waals surface area contributed by atoms with Gasteiger partial charge in [-0.15, -0.1) is 0 Å². The Morgan fingerprint density at radius 3 is 2.16 bits per heavy atom. The molecule has 0 radical (unpaired) electrons. The number of imide groups is 1. The van der Waals surface area contributed by atoms with Crippen LogP contribution < -0.4 is 4.90 Å². The minimum absolute atomic E-state index is 0.0377. The molecule has 1 aromatic heterocycles. The van der Waals surface area contributed by atoms with Crippen LogP contribution in [0.4, 0.5) is 5.69 Å². The smallest absolute Gasteiger partial charge is 0.359 e. The molecule has 0 atom stereocenters. The maximum absolute atomic E-state index is 13.7. The topological polar surface area (TPSA) is 81.5 Å². The lowest BCUT2D eigenvalue weighted by atomic mass is 9.53. The average molecular weight is 434 g/mol. The first-order valence-electron chi connectivity index (χ1n) is 11.6. The summed E-state index contributed by atoms with van der Waals surface area (Å²) < 4.78 is 6.73. The Labute approximate surface area is 186 Å². The van der Waals surface area contributed by atoms with Crippen molar-refractivity contribution in [2.45, 2.75) is 57.4 Å². The van der Waals surface area contributed by atoms with Crippen LogP contribution >= 0.6 is 0 Å². The van der Waals surface area contributed by atoms with E-state index in [1.807, 2.05) is 12.1 Å². The van der Waals surface area contributed by atoms with E-state index in [2.05, 4.69) is 12.0 Å². The maximum Gasteiger partial charge on any atom is 0.359 e. The van der Waals surface area contributed by atoms with Gasteiger partial charge in [-0.05, 0) is 80.4 Å². The van der Waals surface area contributed by atoms with Gasteiger partial charge < -0.3 is 4.74 Å². The number of ether oxygens (including phenoxy) is 1. The summed E-state index contributed by atoms with van der Waals surface area (Å²) in [5.74, 6) is 0.333. The van der Waals surface area contributed by atoms with Gasteiger partial charge in [-0.1, -0.05) is 19.1 Å². The molecule has 7 nitrogen and oxygen atoms in total. The first-order valence-corrected chi connectivity index (χ1v) is 11.6. The highest BCUT2D eigenvalue weighted by molar-refractivity contribution is 6.35. The van der Waals surface area contributed by atoms with Crippen molar-refractivity contribution < 1.29 is 19.1 Å². The van der Waals surface area contributed by atoms with E-state index < -0.39 is 17.8 Å². The van der Waals surface area contributed by atoms with Crippen molar-refractivity contribution >= 4 is 23.5 Å². The number of esters is 1. The van der Waals surface area contributed by atoms with Crippen LogP contribution in [0.25, 0.3) is 0 Å². The zero-order chi connectivity index (χ0) is 22.2. The predicted molar refractivity (Wildman–Crippen MR) is 117 cm³/mol. The number of aryl methyl sites for hydroxylation is 1. The van der Waals surface area contributed by atoms with E-state index in [1.54, 1.807) is 16.8 Å². The van der Waals surface area contributed by atoms with Gasteiger partial charge in [0.2, 0.25) is 0 Å². The highest BCUT2D eigenvalue weighted by atomic mass is 16.5. The first kappa shape index (κ1) is 19.7. The van der Waals surface area contributed by atoms with E-state index in [0.717, 1.165) is 31.2 Å². The summed E-state index contributed by atoms with van der Waals surface area (Å²) in [6.07, 6.45) is 7.48. The number of rotatable bonds is 4. The van der Waals surface area contributed by atoms with E-state index in [9.17, 15) is 14.4 Å². The van der Waals surface area contributed by atoms with Crippen LogP contribution in [0, 0.1) is 17.8 Å². The number of methoxy groups -OCH3 is 1. The molecule has 2 heterocycles. The van der Waals surface area contributed by atoms with E-state index in [1.165, 1.54) is 31.3 Å². The standard InChI is InChI=1S/C25H27N3O4/c1-3-14-4-6-18(7-5-14)27-22(29)19-20(24(31)32-2)26-28(21(19)23(27)30)25-11-15-8-16(12-25)10-17(9-15)13-25/h4-7,15-17H,3,8-13H2,1-2H3. The molecule has 0 saturated heterocycles. The SMILES string of the molecule is CCc1ccc(N2C(=O)c3c(C(=O)OC)nn(C45CC6CC(CC(C6)C4)C5)c3C2=O)cc1. The molecule has 4 fully saturated rings. The van der Waals surface area contributed by atoms with Gasteiger partial charge in [0.05, 0.1) is 18.3 Å². The molecule has 7 heteroatoms. The highest BCUT2D eigenvalue weighted by Gasteiger charge is 2.56. The van der Waals surface area contributed by atoms with Crippen molar-refractivity contribution in [1.29, 1.82) is 0 Å². The van der Waals surface area contributed by atoms with E-state index in [-0.39, 0.29) is 22.5 Å². The van der Waals surface area contributed by atoms with Gasteiger partial charge in [0, 0.05) is 0 Å². The van der Waals surface area contributed by atoms with Crippen LogP contribution in [0.2, 0.25) is 0 Å². The van der Waals surface area contributed by atoms with Crippen molar-refractivity contribution in [2.75, 3.05) is 12.0 Å². The minimum atomic E-state index is -0.672. The molecule has 4 bridgehead atoms. The third-order valence-electron chi connectivity index (χ3n) is 8.14. The zero-order valence-corrected chi connectivity index (χ0v) is 18.5. The van der Waals surface area contributed by atoms with E-state index >= 15 is 0 Å². The van der Waals surface area contributed by atoms with Gasteiger partial charge in [0.1, 0.15) is 11.3 Å². The van der Waals surface area contributed by atoms with Gasteiger partial charge >= 0.3 is 5.97 Å². The summed E-state index contributed by atoms with van der Waals surface area (Å²) in [6.45, 7) is 2.06. The Balaban J connectivity index is 1.49. The third kappa shape index (κ3) is 2.60. The third-order valence-corrected chi connectivity index (χ3v) is 8.14. The number of aromatic nitrogens is 2. The molecule has 166 valence electrons. The molecule has 0 unspecified atom stereocenters. The Kier molecular flexibility index (Phi) is 4.17. The summed E-state index contributed by atoms with van der Waals surface area (Å²) in [5, 5.41) is 4.62. The van der Waals surface area contributed by atoms with Crippen LogP contribution in [0.1, 0.15) is 82.3 Å². The van der Waals surface area contributed by atoms with Gasteiger partial charge in [-0.3, -0.25) is 14.3 Å². The Morgan fingerprint density at radius 2 is 1.62 bits per heavy atom. The summed E-state index contributed by atoms with van der Waals surface area (Å²) in [7, 11) is 1.28. The fourth-order valence-electron chi connectivity index (χ4n) is 7.15. The average Bonchev–Trinajstić information content (AvgIpc) is 3.30. The molecule has 1 aliphatic heterocycles. The molecular weight excluding hydrogens is 406 g/mol. The molecule has 2 aromatic rings. The normalized spacial score (nSPS) is 30.2. The number of hydrogen-bond acceptors (Lipinski definition) is 5. The lowest BCUT2D eigenvalue weighted by molar-refractivity contribution is -0.0503. The Morgan fingerprint density at radius 1 is 1.03 bits per heavy atom. The number of nitrogens with zero attached hydrogens (tertiary/aromatic N) is 3. The van der Waals surface area contributed by atoms with Crippen LogP contribution in [0.3, 0.4) is 0 Å². The number of carbonyl (C=O) groups excluding carboxylic acids is 3. The number of anilines is 1. The number of hydrogen-bond donors (Lipinski definition) is 0. The molecule has 32 heavy (non-hydrogen) atoms. The van der Waals surface area contributed by atoms with E-state index in [4.69, 9.17) is 4.74 Å².